The molecule has 0 spiro atoms. The number of rotatable bonds is 2. The van der Waals surface area contributed by atoms with Gasteiger partial charge in [-0.15, -0.1) is 0 Å². The molecule has 0 saturated heterocycles. The van der Waals surface area contributed by atoms with Crippen LogP contribution in [0.2, 0.25) is 0 Å². The van der Waals surface area contributed by atoms with Gasteiger partial charge < -0.3 is 17.2 Å². The lowest BCUT2D eigenvalue weighted by atomic mass is 10.1. The zero-order valence-electron chi connectivity index (χ0n) is 6.70. The maximum Gasteiger partial charge on any atom is 0.248 e. The summed E-state index contributed by atoms with van der Waals surface area (Å²) in [7, 11) is 0. The second kappa shape index (κ2) is 3.14. The van der Waals surface area contributed by atoms with Crippen molar-refractivity contribution in [3.05, 3.63) is 29.3 Å². The molecule has 5 nitrogen and oxygen atoms in total. The number of hydrogen-bond acceptors (Lipinski definition) is 2. The van der Waals surface area contributed by atoms with Gasteiger partial charge in [-0.25, -0.2) is 0 Å². The highest BCUT2D eigenvalue weighted by Crippen LogP contribution is 2.12. The molecule has 0 heterocycles. The Kier molecular flexibility index (Phi) is 2.19. The fourth-order valence-electron chi connectivity index (χ4n) is 0.912. The van der Waals surface area contributed by atoms with Crippen molar-refractivity contribution >= 4 is 17.5 Å². The number of nitrogens with one attached hydrogen (secondary N) is 1. The summed E-state index contributed by atoms with van der Waals surface area (Å²) in [5.41, 5.74) is 17.5. The smallest absolute Gasteiger partial charge is 0.248 e. The molecule has 0 bridgehead atoms. The lowest BCUT2D eigenvalue weighted by molar-refractivity contribution is 0.0999. The standard InChI is InChI=1S/C8H8N3O2/c9-6-2-4(7(10)12)1-5(3-6)8(11)13/h1-3,9H,(H2,10,12)(H2,11,13). The van der Waals surface area contributed by atoms with Crippen molar-refractivity contribution in [2.75, 3.05) is 0 Å². The van der Waals surface area contributed by atoms with E-state index in [2.05, 4.69) is 0 Å². The molecule has 0 saturated carbocycles. The first-order valence-corrected chi connectivity index (χ1v) is 3.47. The summed E-state index contributed by atoms with van der Waals surface area (Å²) >= 11 is 0. The first kappa shape index (κ1) is 9.05. The fourth-order valence-corrected chi connectivity index (χ4v) is 0.912. The minimum atomic E-state index is -0.684. The van der Waals surface area contributed by atoms with Crippen LogP contribution in [-0.2, 0) is 0 Å². The molecule has 1 aromatic rings. The molecule has 1 aromatic carbocycles. The van der Waals surface area contributed by atoms with E-state index in [0.29, 0.717) is 0 Å². The van der Waals surface area contributed by atoms with E-state index in [4.69, 9.17) is 17.2 Å². The molecule has 0 atom stereocenters. The fraction of sp³-hybridized carbons (Fsp3) is 0. The third kappa shape index (κ3) is 1.96. The van der Waals surface area contributed by atoms with E-state index in [1.54, 1.807) is 0 Å². The van der Waals surface area contributed by atoms with Crippen LogP contribution >= 0.6 is 0 Å². The van der Waals surface area contributed by atoms with Gasteiger partial charge in [-0.2, -0.15) is 0 Å². The van der Waals surface area contributed by atoms with Crippen LogP contribution in [0.3, 0.4) is 0 Å². The molecule has 5 heteroatoms. The quantitative estimate of drug-likeness (QED) is 0.653. The number of benzene rings is 1. The Hall–Kier alpha value is -2.04. The van der Waals surface area contributed by atoms with Gasteiger partial charge in [-0.05, 0) is 18.2 Å². The summed E-state index contributed by atoms with van der Waals surface area (Å²) in [5, 5.41) is 0. The van der Waals surface area contributed by atoms with Gasteiger partial charge in [0.1, 0.15) is 0 Å². The Morgan fingerprint density at radius 1 is 1.00 bits per heavy atom. The maximum absolute atomic E-state index is 10.7. The Labute approximate surface area is 74.5 Å². The molecule has 0 aliphatic carbocycles. The minimum Gasteiger partial charge on any atom is -0.366 e. The molecule has 0 aliphatic rings. The van der Waals surface area contributed by atoms with Gasteiger partial charge >= 0.3 is 0 Å². The zero-order chi connectivity index (χ0) is 10.0. The van der Waals surface area contributed by atoms with Crippen molar-refractivity contribution in [1.29, 1.82) is 0 Å². The van der Waals surface area contributed by atoms with Gasteiger partial charge in [-0.3, -0.25) is 9.59 Å². The Bertz CT molecular complexity index is 341. The van der Waals surface area contributed by atoms with Crippen molar-refractivity contribution in [2.24, 2.45) is 11.5 Å². The van der Waals surface area contributed by atoms with Gasteiger partial charge in [0.2, 0.25) is 11.8 Å². The number of primary amides is 2. The van der Waals surface area contributed by atoms with Crippen LogP contribution in [0.4, 0.5) is 5.69 Å². The van der Waals surface area contributed by atoms with Crippen molar-refractivity contribution in [3.63, 3.8) is 0 Å². The molecule has 0 fully saturated rings. The SMILES string of the molecule is [NH]c1cc(C(N)=O)cc(C(N)=O)c1. The summed E-state index contributed by atoms with van der Waals surface area (Å²) < 4.78 is 0. The number of hydrogen-bond donors (Lipinski definition) is 2. The topological polar surface area (TPSA) is 110 Å². The van der Waals surface area contributed by atoms with Crippen molar-refractivity contribution < 1.29 is 9.59 Å². The molecule has 1 radical (unpaired) electrons. The predicted molar refractivity (Wildman–Crippen MR) is 46.2 cm³/mol. The summed E-state index contributed by atoms with van der Waals surface area (Å²) in [6, 6.07) is 3.81. The highest BCUT2D eigenvalue weighted by atomic mass is 16.1. The first-order chi connectivity index (χ1) is 6.00. The molecule has 2 amide bonds. The van der Waals surface area contributed by atoms with Crippen molar-refractivity contribution in [3.8, 4) is 0 Å². The van der Waals surface area contributed by atoms with Crippen LogP contribution in [-0.4, -0.2) is 11.8 Å². The largest absolute Gasteiger partial charge is 0.366 e. The third-order valence-electron chi connectivity index (χ3n) is 1.50. The summed E-state index contributed by atoms with van der Waals surface area (Å²) in [6.45, 7) is 0. The lowest BCUT2D eigenvalue weighted by Crippen LogP contribution is -2.15. The van der Waals surface area contributed by atoms with Crippen molar-refractivity contribution in [1.82, 2.24) is 5.73 Å². The van der Waals surface area contributed by atoms with Gasteiger partial charge in [-0.1, -0.05) is 0 Å². The average Bonchev–Trinajstić information content (AvgIpc) is 2.03. The number of carbonyl (C=O) groups is 2. The summed E-state index contributed by atoms with van der Waals surface area (Å²) in [4.78, 5) is 21.4. The first-order valence-electron chi connectivity index (χ1n) is 3.47. The molecular formula is C8H8N3O2. The molecular weight excluding hydrogens is 170 g/mol. The van der Waals surface area contributed by atoms with Crippen LogP contribution < -0.4 is 17.2 Å². The van der Waals surface area contributed by atoms with Gasteiger partial charge in [0.15, 0.2) is 0 Å². The van der Waals surface area contributed by atoms with E-state index in [1.165, 1.54) is 18.2 Å². The van der Waals surface area contributed by atoms with Crippen LogP contribution in [0, 0.1) is 0 Å². The second-order valence-corrected chi connectivity index (χ2v) is 2.53. The van der Waals surface area contributed by atoms with E-state index in [0.717, 1.165) is 0 Å². The molecule has 0 aliphatic heterocycles. The molecule has 13 heavy (non-hydrogen) atoms. The maximum atomic E-state index is 10.7. The monoisotopic (exact) mass is 178 g/mol. The Balaban J connectivity index is 3.26. The number of amides is 2. The number of carbonyl (C=O) groups excluding carboxylic acids is 2. The Morgan fingerprint density at radius 2 is 1.38 bits per heavy atom. The van der Waals surface area contributed by atoms with Crippen LogP contribution in [0.25, 0.3) is 0 Å². The van der Waals surface area contributed by atoms with Crippen LogP contribution in [0.1, 0.15) is 20.7 Å². The van der Waals surface area contributed by atoms with Crippen molar-refractivity contribution in [2.45, 2.75) is 0 Å². The molecule has 0 aromatic heterocycles. The summed E-state index contributed by atoms with van der Waals surface area (Å²) in [6.07, 6.45) is 0. The summed E-state index contributed by atoms with van der Waals surface area (Å²) in [5.74, 6) is -1.37. The highest BCUT2D eigenvalue weighted by molar-refractivity contribution is 5.99. The predicted octanol–water partition coefficient (Wildman–Crippen LogP) is -0.201. The third-order valence-corrected chi connectivity index (χ3v) is 1.50. The second-order valence-electron chi connectivity index (χ2n) is 2.53. The normalized spacial score (nSPS) is 9.54. The minimum absolute atomic E-state index is 0.0325. The number of nitrogens with two attached hydrogens (primary N) is 2. The van der Waals surface area contributed by atoms with Gasteiger partial charge in [0, 0.05) is 11.1 Å². The molecule has 5 N–H and O–H groups in total. The van der Waals surface area contributed by atoms with E-state index in [9.17, 15) is 9.59 Å². The highest BCUT2D eigenvalue weighted by Gasteiger charge is 2.07. The molecule has 67 valence electrons. The van der Waals surface area contributed by atoms with E-state index >= 15 is 0 Å². The van der Waals surface area contributed by atoms with E-state index in [-0.39, 0.29) is 16.8 Å². The molecule has 1 rings (SSSR count). The van der Waals surface area contributed by atoms with Crippen LogP contribution in [0.15, 0.2) is 18.2 Å². The molecule has 0 unspecified atom stereocenters. The van der Waals surface area contributed by atoms with Crippen LogP contribution in [0.5, 0.6) is 0 Å². The lowest BCUT2D eigenvalue weighted by Gasteiger charge is -2.00. The van der Waals surface area contributed by atoms with E-state index in [1.807, 2.05) is 0 Å². The van der Waals surface area contributed by atoms with Gasteiger partial charge in [0.05, 0.1) is 5.69 Å². The zero-order valence-corrected chi connectivity index (χ0v) is 6.70. The van der Waals surface area contributed by atoms with E-state index < -0.39 is 11.8 Å². The Morgan fingerprint density at radius 3 is 1.69 bits per heavy atom. The van der Waals surface area contributed by atoms with Gasteiger partial charge in [0.25, 0.3) is 0 Å². The average molecular weight is 178 g/mol.